The molecule has 1 aromatic heterocycles. The van der Waals surface area contributed by atoms with Gasteiger partial charge in [0.1, 0.15) is 0 Å². The average molecular weight is 429 g/mol. The van der Waals surface area contributed by atoms with Crippen LogP contribution in [0.2, 0.25) is 0 Å². The van der Waals surface area contributed by atoms with Crippen LogP contribution in [0.4, 0.5) is 0 Å². The van der Waals surface area contributed by atoms with Gasteiger partial charge < -0.3 is 10.2 Å². The summed E-state index contributed by atoms with van der Waals surface area (Å²) < 4.78 is 24.6. The highest BCUT2D eigenvalue weighted by molar-refractivity contribution is 7.88. The van der Waals surface area contributed by atoms with Gasteiger partial charge >= 0.3 is 0 Å². The van der Waals surface area contributed by atoms with Crippen molar-refractivity contribution in [3.8, 4) is 0 Å². The summed E-state index contributed by atoms with van der Waals surface area (Å²) in [7, 11) is -3.16. The molecule has 2 aliphatic rings. The Morgan fingerprint density at radius 2 is 1.82 bits per heavy atom. The summed E-state index contributed by atoms with van der Waals surface area (Å²) in [6, 6.07) is 1.81. The third kappa shape index (κ3) is 5.53. The predicted molar refractivity (Wildman–Crippen MR) is 109 cm³/mol. The van der Waals surface area contributed by atoms with Gasteiger partial charge in [0.2, 0.25) is 15.9 Å². The minimum atomic E-state index is -3.16. The van der Waals surface area contributed by atoms with Crippen molar-refractivity contribution in [2.75, 3.05) is 58.6 Å². The number of carbonyl (C=O) groups excluding carboxylic acids is 2. The second kappa shape index (κ2) is 9.34. The van der Waals surface area contributed by atoms with Crippen molar-refractivity contribution in [2.45, 2.75) is 12.8 Å². The van der Waals surface area contributed by atoms with Crippen LogP contribution in [0.25, 0.3) is 0 Å². The van der Waals surface area contributed by atoms with E-state index in [0.717, 1.165) is 19.6 Å². The summed E-state index contributed by atoms with van der Waals surface area (Å²) in [4.78, 5) is 28.8. The number of hydrogen-bond donors (Lipinski definition) is 1. The van der Waals surface area contributed by atoms with E-state index in [4.69, 9.17) is 0 Å². The van der Waals surface area contributed by atoms with E-state index < -0.39 is 10.0 Å². The van der Waals surface area contributed by atoms with Gasteiger partial charge in [-0.25, -0.2) is 12.7 Å². The minimum absolute atomic E-state index is 0.0458. The van der Waals surface area contributed by atoms with Crippen LogP contribution in [0.1, 0.15) is 23.2 Å². The van der Waals surface area contributed by atoms with E-state index in [1.165, 1.54) is 21.9 Å². The number of sulfonamides is 1. The Labute approximate surface area is 170 Å². The highest BCUT2D eigenvalue weighted by Crippen LogP contribution is 2.22. The summed E-state index contributed by atoms with van der Waals surface area (Å²) in [5.41, 5.74) is 0.697. The zero-order valence-corrected chi connectivity index (χ0v) is 17.8. The Kier molecular flexibility index (Phi) is 7.08. The van der Waals surface area contributed by atoms with E-state index in [1.807, 2.05) is 21.7 Å². The number of piperazine rings is 1. The normalized spacial score (nSPS) is 20.2. The molecule has 10 heteroatoms. The highest BCUT2D eigenvalue weighted by atomic mass is 32.2. The maximum absolute atomic E-state index is 12.7. The van der Waals surface area contributed by atoms with Gasteiger partial charge in [-0.2, -0.15) is 11.3 Å². The fourth-order valence-electron chi connectivity index (χ4n) is 3.71. The molecule has 0 saturated carbocycles. The number of hydrogen-bond acceptors (Lipinski definition) is 6. The van der Waals surface area contributed by atoms with Gasteiger partial charge in [-0.05, 0) is 24.3 Å². The van der Waals surface area contributed by atoms with Gasteiger partial charge in [0, 0.05) is 69.2 Å². The molecule has 2 amide bonds. The molecular formula is C18H28N4O4S2. The Morgan fingerprint density at radius 3 is 2.39 bits per heavy atom. The molecule has 0 atom stereocenters. The fourth-order valence-corrected chi connectivity index (χ4v) is 5.22. The molecule has 2 saturated heterocycles. The van der Waals surface area contributed by atoms with Gasteiger partial charge in [0.25, 0.3) is 5.91 Å². The lowest BCUT2D eigenvalue weighted by atomic mass is 9.96. The number of amides is 2. The van der Waals surface area contributed by atoms with E-state index in [1.54, 1.807) is 0 Å². The summed E-state index contributed by atoms with van der Waals surface area (Å²) in [6.45, 7) is 5.17. The van der Waals surface area contributed by atoms with Crippen LogP contribution >= 0.6 is 11.3 Å². The number of carbonyl (C=O) groups is 2. The molecule has 3 heterocycles. The lowest BCUT2D eigenvalue weighted by molar-refractivity contribution is -0.138. The van der Waals surface area contributed by atoms with E-state index in [9.17, 15) is 18.0 Å². The Hall–Kier alpha value is -1.49. The van der Waals surface area contributed by atoms with Crippen molar-refractivity contribution in [2.24, 2.45) is 5.92 Å². The van der Waals surface area contributed by atoms with Gasteiger partial charge in [0.05, 0.1) is 6.26 Å². The standard InChI is InChI=1S/C18H28N4O4S2/c1-28(25,26)22-6-2-15(3-7-22)18(24)21-11-9-20(10-12-21)8-5-19-17(23)16-4-13-27-14-16/h4,13-15H,2-3,5-12H2,1H3,(H,19,23). The number of thiophene rings is 1. The number of rotatable bonds is 6. The molecule has 156 valence electrons. The molecule has 3 rings (SSSR count). The molecule has 28 heavy (non-hydrogen) atoms. The first-order chi connectivity index (χ1) is 13.3. The fraction of sp³-hybridized carbons (Fsp3) is 0.667. The Bertz CT molecular complexity index is 766. The molecule has 0 spiro atoms. The quantitative estimate of drug-likeness (QED) is 0.704. The monoisotopic (exact) mass is 428 g/mol. The zero-order chi connectivity index (χ0) is 20.1. The molecule has 1 aromatic rings. The summed E-state index contributed by atoms with van der Waals surface area (Å²) in [5, 5.41) is 6.64. The van der Waals surface area contributed by atoms with E-state index in [0.29, 0.717) is 51.1 Å². The molecule has 0 unspecified atom stereocenters. The molecule has 0 aliphatic carbocycles. The van der Waals surface area contributed by atoms with Gasteiger partial charge in [-0.3, -0.25) is 14.5 Å². The average Bonchev–Trinajstić information content (AvgIpc) is 3.22. The van der Waals surface area contributed by atoms with Crippen molar-refractivity contribution in [1.82, 2.24) is 19.4 Å². The van der Waals surface area contributed by atoms with Crippen LogP contribution in [0, 0.1) is 5.92 Å². The second-order valence-electron chi connectivity index (χ2n) is 7.37. The largest absolute Gasteiger partial charge is 0.351 e. The maximum atomic E-state index is 12.7. The number of piperidine rings is 1. The van der Waals surface area contributed by atoms with Crippen LogP contribution < -0.4 is 5.32 Å². The maximum Gasteiger partial charge on any atom is 0.252 e. The second-order valence-corrected chi connectivity index (χ2v) is 10.1. The number of nitrogens with zero attached hydrogens (tertiary/aromatic N) is 3. The molecule has 0 bridgehead atoms. The van der Waals surface area contributed by atoms with Gasteiger partial charge in [-0.15, -0.1) is 0 Å². The van der Waals surface area contributed by atoms with Crippen LogP contribution in [0.5, 0.6) is 0 Å². The Morgan fingerprint density at radius 1 is 1.14 bits per heavy atom. The molecule has 2 aliphatic heterocycles. The molecule has 8 nitrogen and oxygen atoms in total. The predicted octanol–water partition coefficient (Wildman–Crippen LogP) is 0.294. The third-order valence-corrected chi connectivity index (χ3v) is 7.44. The van der Waals surface area contributed by atoms with Crippen molar-refractivity contribution in [3.63, 3.8) is 0 Å². The zero-order valence-electron chi connectivity index (χ0n) is 16.2. The van der Waals surface area contributed by atoms with Crippen LogP contribution in [-0.2, 0) is 14.8 Å². The minimum Gasteiger partial charge on any atom is -0.351 e. The highest BCUT2D eigenvalue weighted by Gasteiger charge is 2.32. The molecule has 0 radical (unpaired) electrons. The van der Waals surface area contributed by atoms with Gasteiger partial charge in [-0.1, -0.05) is 0 Å². The van der Waals surface area contributed by atoms with Crippen molar-refractivity contribution in [3.05, 3.63) is 22.4 Å². The van der Waals surface area contributed by atoms with Crippen LogP contribution in [0.3, 0.4) is 0 Å². The van der Waals surface area contributed by atoms with E-state index in [2.05, 4.69) is 10.2 Å². The molecule has 2 fully saturated rings. The lowest BCUT2D eigenvalue weighted by Crippen LogP contribution is -2.52. The van der Waals surface area contributed by atoms with E-state index in [-0.39, 0.29) is 17.7 Å². The molecule has 1 N–H and O–H groups in total. The summed E-state index contributed by atoms with van der Waals surface area (Å²) in [5.74, 6) is 0.0310. The third-order valence-electron chi connectivity index (χ3n) is 5.45. The SMILES string of the molecule is CS(=O)(=O)N1CCC(C(=O)N2CCN(CCNC(=O)c3ccsc3)CC2)CC1. The van der Waals surface area contributed by atoms with E-state index >= 15 is 0 Å². The summed E-state index contributed by atoms with van der Waals surface area (Å²) in [6.07, 6.45) is 2.42. The topological polar surface area (TPSA) is 90.0 Å². The smallest absolute Gasteiger partial charge is 0.252 e. The first-order valence-corrected chi connectivity index (χ1v) is 12.4. The first kappa shape index (κ1) is 21.2. The molecule has 0 aromatic carbocycles. The first-order valence-electron chi connectivity index (χ1n) is 9.61. The molecular weight excluding hydrogens is 400 g/mol. The summed E-state index contributed by atoms with van der Waals surface area (Å²) >= 11 is 1.50. The number of nitrogens with one attached hydrogen (secondary N) is 1. The van der Waals surface area contributed by atoms with Crippen LogP contribution in [0.15, 0.2) is 16.8 Å². The van der Waals surface area contributed by atoms with Gasteiger partial charge in [0.15, 0.2) is 0 Å². The van der Waals surface area contributed by atoms with Crippen molar-refractivity contribution < 1.29 is 18.0 Å². The Balaban J connectivity index is 1.36. The van der Waals surface area contributed by atoms with Crippen molar-refractivity contribution in [1.29, 1.82) is 0 Å². The lowest BCUT2D eigenvalue weighted by Gasteiger charge is -2.38. The van der Waals surface area contributed by atoms with Crippen LogP contribution in [-0.4, -0.2) is 93.0 Å². The van der Waals surface area contributed by atoms with Crippen molar-refractivity contribution >= 4 is 33.2 Å².